The molecule has 0 radical (unpaired) electrons. The summed E-state index contributed by atoms with van der Waals surface area (Å²) in [5, 5.41) is 0. The maximum absolute atomic E-state index is 13.0. The quantitative estimate of drug-likeness (QED) is 0.837. The molecule has 132 valence electrons. The number of rotatable bonds is 5. The van der Waals surface area contributed by atoms with Crippen LogP contribution < -0.4 is 9.64 Å². The highest BCUT2D eigenvalue weighted by Gasteiger charge is 2.21. The van der Waals surface area contributed by atoms with E-state index in [1.54, 1.807) is 12.1 Å². The second-order valence-electron chi connectivity index (χ2n) is 6.09. The largest absolute Gasteiger partial charge is 0.483 e. The van der Waals surface area contributed by atoms with Crippen molar-refractivity contribution in [1.82, 2.24) is 4.90 Å². The second-order valence-corrected chi connectivity index (χ2v) is 6.09. The van der Waals surface area contributed by atoms with Gasteiger partial charge >= 0.3 is 0 Å². The Balaban J connectivity index is 1.50. The monoisotopic (exact) mass is 342 g/mol. The van der Waals surface area contributed by atoms with Gasteiger partial charge in [0.25, 0.3) is 5.91 Å². The number of ether oxygens (including phenoxy) is 1. The smallest absolute Gasteiger partial charge is 0.260 e. The molecule has 0 unspecified atom stereocenters. The van der Waals surface area contributed by atoms with Crippen molar-refractivity contribution >= 4 is 11.6 Å². The Labute approximate surface area is 147 Å². The summed E-state index contributed by atoms with van der Waals surface area (Å²) in [6, 6.07) is 14.3. The lowest BCUT2D eigenvalue weighted by Gasteiger charge is -2.36. The van der Waals surface area contributed by atoms with Gasteiger partial charge < -0.3 is 14.5 Å². The third-order valence-electron chi connectivity index (χ3n) is 4.53. The van der Waals surface area contributed by atoms with E-state index in [2.05, 4.69) is 11.8 Å². The first-order chi connectivity index (χ1) is 12.2. The van der Waals surface area contributed by atoms with Gasteiger partial charge in [-0.05, 0) is 42.3 Å². The molecule has 1 fully saturated rings. The molecular formula is C20H23FN2O2. The highest BCUT2D eigenvalue weighted by Crippen LogP contribution is 2.19. The van der Waals surface area contributed by atoms with Crippen LogP contribution in [0.3, 0.4) is 0 Å². The van der Waals surface area contributed by atoms with Crippen LogP contribution in [0.15, 0.2) is 48.5 Å². The number of piperazine rings is 1. The Morgan fingerprint density at radius 1 is 1.04 bits per heavy atom. The molecule has 1 aliphatic heterocycles. The van der Waals surface area contributed by atoms with Crippen molar-refractivity contribution < 1.29 is 13.9 Å². The summed E-state index contributed by atoms with van der Waals surface area (Å²) in [5.41, 5.74) is 2.10. The van der Waals surface area contributed by atoms with Crippen LogP contribution >= 0.6 is 0 Å². The van der Waals surface area contributed by atoms with Crippen LogP contribution in [-0.4, -0.2) is 43.6 Å². The maximum Gasteiger partial charge on any atom is 0.260 e. The van der Waals surface area contributed by atoms with Crippen LogP contribution in [0.5, 0.6) is 5.75 Å². The van der Waals surface area contributed by atoms with Crippen molar-refractivity contribution in [2.75, 3.05) is 37.7 Å². The summed E-state index contributed by atoms with van der Waals surface area (Å²) in [7, 11) is 0. The van der Waals surface area contributed by atoms with Crippen molar-refractivity contribution in [3.8, 4) is 5.75 Å². The lowest BCUT2D eigenvalue weighted by atomic mass is 10.1. The minimum atomic E-state index is -0.234. The summed E-state index contributed by atoms with van der Waals surface area (Å²) < 4.78 is 18.7. The Hall–Kier alpha value is -2.56. The van der Waals surface area contributed by atoms with Crippen molar-refractivity contribution in [2.24, 2.45) is 0 Å². The van der Waals surface area contributed by atoms with E-state index in [-0.39, 0.29) is 18.3 Å². The van der Waals surface area contributed by atoms with Gasteiger partial charge in [-0.25, -0.2) is 4.39 Å². The van der Waals surface area contributed by atoms with E-state index in [9.17, 15) is 9.18 Å². The number of halogens is 1. The average Bonchev–Trinajstić information content (AvgIpc) is 2.67. The topological polar surface area (TPSA) is 32.8 Å². The zero-order valence-electron chi connectivity index (χ0n) is 14.5. The average molecular weight is 342 g/mol. The number of hydrogen-bond acceptors (Lipinski definition) is 3. The van der Waals surface area contributed by atoms with Crippen molar-refractivity contribution in [3.05, 3.63) is 59.9 Å². The van der Waals surface area contributed by atoms with Gasteiger partial charge in [0.1, 0.15) is 11.6 Å². The summed E-state index contributed by atoms with van der Waals surface area (Å²) >= 11 is 0. The summed E-state index contributed by atoms with van der Waals surface area (Å²) in [6.07, 6.45) is 0.876. The number of carbonyl (C=O) groups is 1. The van der Waals surface area contributed by atoms with Gasteiger partial charge in [-0.1, -0.05) is 25.1 Å². The third-order valence-corrected chi connectivity index (χ3v) is 4.53. The van der Waals surface area contributed by atoms with Crippen LogP contribution in [-0.2, 0) is 11.2 Å². The van der Waals surface area contributed by atoms with Crippen molar-refractivity contribution in [2.45, 2.75) is 13.3 Å². The van der Waals surface area contributed by atoms with Gasteiger partial charge in [0, 0.05) is 31.9 Å². The number of anilines is 1. The molecule has 0 bridgehead atoms. The van der Waals surface area contributed by atoms with Crippen LogP contribution in [0.4, 0.5) is 10.1 Å². The molecule has 4 nitrogen and oxygen atoms in total. The number of carbonyl (C=O) groups excluding carboxylic acids is 1. The number of benzene rings is 2. The molecule has 3 rings (SSSR count). The van der Waals surface area contributed by atoms with E-state index in [0.717, 1.165) is 36.5 Å². The zero-order chi connectivity index (χ0) is 17.6. The molecule has 1 aliphatic rings. The Morgan fingerprint density at radius 3 is 2.40 bits per heavy atom. The molecule has 1 heterocycles. The number of amides is 1. The predicted octanol–water partition coefficient (Wildman–Crippen LogP) is 3.12. The normalized spacial score (nSPS) is 14.5. The molecular weight excluding hydrogens is 319 g/mol. The molecule has 5 heteroatoms. The minimum absolute atomic E-state index is 0.00432. The predicted molar refractivity (Wildman–Crippen MR) is 96.5 cm³/mol. The molecule has 2 aromatic rings. The zero-order valence-corrected chi connectivity index (χ0v) is 14.5. The fourth-order valence-electron chi connectivity index (χ4n) is 3.03. The first-order valence-electron chi connectivity index (χ1n) is 8.66. The third kappa shape index (κ3) is 4.29. The van der Waals surface area contributed by atoms with E-state index < -0.39 is 0 Å². The number of nitrogens with zero attached hydrogens (tertiary/aromatic N) is 2. The number of aryl methyl sites for hydroxylation is 1. The Bertz CT molecular complexity index is 710. The SMILES string of the molecule is CCc1ccccc1OCC(=O)N1CCN(c2ccc(F)cc2)CC1. The standard InChI is InChI=1S/C20H23FN2O2/c1-2-16-5-3-4-6-19(16)25-15-20(24)23-13-11-22(12-14-23)18-9-7-17(21)8-10-18/h3-10H,2,11-15H2,1H3. The lowest BCUT2D eigenvalue weighted by Crippen LogP contribution is -2.50. The van der Waals surface area contributed by atoms with Crippen molar-refractivity contribution in [3.63, 3.8) is 0 Å². The molecule has 2 aromatic carbocycles. The number of hydrogen-bond donors (Lipinski definition) is 0. The van der Waals surface area contributed by atoms with Gasteiger partial charge in [-0.2, -0.15) is 0 Å². The van der Waals surface area contributed by atoms with Gasteiger partial charge in [-0.3, -0.25) is 4.79 Å². The highest BCUT2D eigenvalue weighted by atomic mass is 19.1. The van der Waals surface area contributed by atoms with Gasteiger partial charge in [-0.15, -0.1) is 0 Å². The summed E-state index contributed by atoms with van der Waals surface area (Å²) in [6.45, 7) is 4.90. The van der Waals surface area contributed by atoms with E-state index in [1.807, 2.05) is 29.2 Å². The molecule has 0 aromatic heterocycles. The minimum Gasteiger partial charge on any atom is -0.483 e. The van der Waals surface area contributed by atoms with E-state index in [1.165, 1.54) is 12.1 Å². The molecule has 1 saturated heterocycles. The maximum atomic E-state index is 13.0. The first-order valence-corrected chi connectivity index (χ1v) is 8.66. The van der Waals surface area contributed by atoms with Crippen LogP contribution in [0.25, 0.3) is 0 Å². The van der Waals surface area contributed by atoms with Crippen LogP contribution in [0.2, 0.25) is 0 Å². The molecule has 25 heavy (non-hydrogen) atoms. The highest BCUT2D eigenvalue weighted by molar-refractivity contribution is 5.78. The Kier molecular flexibility index (Phi) is 5.53. The molecule has 0 saturated carbocycles. The van der Waals surface area contributed by atoms with E-state index in [4.69, 9.17) is 4.74 Å². The lowest BCUT2D eigenvalue weighted by molar-refractivity contribution is -0.133. The van der Waals surface area contributed by atoms with Gasteiger partial charge in [0.15, 0.2) is 6.61 Å². The number of para-hydroxylation sites is 1. The summed E-state index contributed by atoms with van der Waals surface area (Å²) in [4.78, 5) is 16.4. The molecule has 0 spiro atoms. The fourth-order valence-corrected chi connectivity index (χ4v) is 3.03. The molecule has 0 atom stereocenters. The Morgan fingerprint density at radius 2 is 1.72 bits per heavy atom. The molecule has 1 amide bonds. The summed E-state index contributed by atoms with van der Waals surface area (Å²) in [5.74, 6) is 0.551. The van der Waals surface area contributed by atoms with E-state index in [0.29, 0.717) is 13.1 Å². The second kappa shape index (κ2) is 8.01. The van der Waals surface area contributed by atoms with Gasteiger partial charge in [0.05, 0.1) is 0 Å². The molecule has 0 N–H and O–H groups in total. The van der Waals surface area contributed by atoms with Gasteiger partial charge in [0.2, 0.25) is 0 Å². The first kappa shape index (κ1) is 17.3. The van der Waals surface area contributed by atoms with Crippen LogP contribution in [0, 0.1) is 5.82 Å². The van der Waals surface area contributed by atoms with E-state index >= 15 is 0 Å². The molecule has 0 aliphatic carbocycles. The van der Waals surface area contributed by atoms with Crippen molar-refractivity contribution in [1.29, 1.82) is 0 Å². The fraction of sp³-hybridized carbons (Fsp3) is 0.350. The van der Waals surface area contributed by atoms with Crippen LogP contribution in [0.1, 0.15) is 12.5 Å².